The Bertz CT molecular complexity index is 1420. The third-order valence-electron chi connectivity index (χ3n) is 4.66. The summed E-state index contributed by atoms with van der Waals surface area (Å²) in [5.41, 5.74) is 1.59. The van der Waals surface area contributed by atoms with Crippen LogP contribution < -0.4 is 10.1 Å². The van der Waals surface area contributed by atoms with E-state index in [1.54, 1.807) is 24.5 Å². The van der Waals surface area contributed by atoms with Gasteiger partial charge >= 0.3 is 6.18 Å². The molecule has 0 saturated heterocycles. The number of pyridine rings is 1. The summed E-state index contributed by atoms with van der Waals surface area (Å²) in [6.45, 7) is 0.619. The van der Waals surface area contributed by atoms with Gasteiger partial charge in [-0.3, -0.25) is 0 Å². The van der Waals surface area contributed by atoms with E-state index in [1.165, 1.54) is 6.33 Å². The first-order chi connectivity index (χ1) is 16.0. The molecule has 33 heavy (non-hydrogen) atoms. The van der Waals surface area contributed by atoms with Gasteiger partial charge in [0.1, 0.15) is 17.6 Å². The molecule has 0 aliphatic rings. The minimum atomic E-state index is -4.45. The highest BCUT2D eigenvalue weighted by molar-refractivity contribution is 7.20. The Labute approximate surface area is 188 Å². The van der Waals surface area contributed by atoms with Crippen molar-refractivity contribution in [1.82, 2.24) is 29.9 Å². The molecule has 0 unspecified atom stereocenters. The van der Waals surface area contributed by atoms with Gasteiger partial charge < -0.3 is 10.1 Å². The largest absolute Gasteiger partial charge is 0.431 e. The van der Waals surface area contributed by atoms with E-state index >= 15 is 0 Å². The van der Waals surface area contributed by atoms with Crippen LogP contribution in [0.25, 0.3) is 21.5 Å². The van der Waals surface area contributed by atoms with E-state index in [1.807, 2.05) is 12.1 Å². The zero-order valence-corrected chi connectivity index (χ0v) is 17.6. The molecular formula is C21H14F3N7OS. The van der Waals surface area contributed by atoms with Gasteiger partial charge in [-0.1, -0.05) is 23.5 Å². The molecule has 5 rings (SSSR count). The van der Waals surface area contributed by atoms with Crippen LogP contribution in [-0.2, 0) is 12.6 Å². The van der Waals surface area contributed by atoms with Gasteiger partial charge in [0.15, 0.2) is 17.1 Å². The maximum absolute atomic E-state index is 12.9. The van der Waals surface area contributed by atoms with E-state index in [0.29, 0.717) is 34.0 Å². The van der Waals surface area contributed by atoms with Gasteiger partial charge in [0, 0.05) is 25.1 Å². The number of hydrogen-bond acceptors (Lipinski definition) is 9. The number of nitrogens with one attached hydrogen (secondary N) is 1. The molecule has 0 aliphatic carbocycles. The lowest BCUT2D eigenvalue weighted by molar-refractivity contribution is -0.137. The molecule has 0 amide bonds. The molecule has 0 saturated carbocycles. The maximum atomic E-state index is 12.9. The van der Waals surface area contributed by atoms with Gasteiger partial charge in [0.05, 0.1) is 10.3 Å². The number of thiazole rings is 1. The summed E-state index contributed by atoms with van der Waals surface area (Å²) >= 11 is 1.01. The molecule has 1 aromatic carbocycles. The van der Waals surface area contributed by atoms with Crippen LogP contribution in [0.15, 0.2) is 55.2 Å². The van der Waals surface area contributed by atoms with Crippen molar-refractivity contribution >= 4 is 38.7 Å². The standard InChI is InChI=1S/C21H14F3N7OS/c22-21(23,24)13-9-15-17(28-10-13)31-20(33-15)32-14-3-1-12(2-4-14)5-6-26-18-16-19(30-11-29-18)27-8-7-25-16/h1-4,7-11H,5-6H2,(H,26,27,29,30). The fourth-order valence-electron chi connectivity index (χ4n) is 3.07. The van der Waals surface area contributed by atoms with E-state index in [2.05, 4.69) is 35.2 Å². The fraction of sp³-hybridized carbons (Fsp3) is 0.143. The average Bonchev–Trinajstić information content (AvgIpc) is 3.21. The number of benzene rings is 1. The normalized spacial score (nSPS) is 11.7. The van der Waals surface area contributed by atoms with Crippen molar-refractivity contribution in [2.45, 2.75) is 12.6 Å². The Kier molecular flexibility index (Phi) is 5.42. The van der Waals surface area contributed by atoms with Crippen molar-refractivity contribution in [2.24, 2.45) is 0 Å². The van der Waals surface area contributed by atoms with Crippen molar-refractivity contribution in [2.75, 3.05) is 11.9 Å². The molecule has 0 bridgehead atoms. The quantitative estimate of drug-likeness (QED) is 0.375. The van der Waals surface area contributed by atoms with E-state index < -0.39 is 11.7 Å². The molecule has 5 aromatic rings. The van der Waals surface area contributed by atoms with Crippen LogP contribution in [0.3, 0.4) is 0 Å². The molecule has 0 fully saturated rings. The predicted molar refractivity (Wildman–Crippen MR) is 116 cm³/mol. The number of aromatic nitrogens is 6. The number of fused-ring (bicyclic) bond motifs is 2. The zero-order valence-electron chi connectivity index (χ0n) is 16.7. The number of alkyl halides is 3. The number of halogens is 3. The Balaban J connectivity index is 1.22. The first-order valence-electron chi connectivity index (χ1n) is 9.72. The zero-order chi connectivity index (χ0) is 22.8. The second-order valence-electron chi connectivity index (χ2n) is 6.90. The Hall–Kier alpha value is -3.93. The first kappa shape index (κ1) is 20.9. The van der Waals surface area contributed by atoms with Crippen molar-refractivity contribution in [3.63, 3.8) is 0 Å². The van der Waals surface area contributed by atoms with Gasteiger partial charge in [-0.05, 0) is 30.2 Å². The smallest absolute Gasteiger partial charge is 0.417 e. The van der Waals surface area contributed by atoms with E-state index in [0.717, 1.165) is 35.6 Å². The summed E-state index contributed by atoms with van der Waals surface area (Å²) in [6.07, 6.45) is 1.64. The van der Waals surface area contributed by atoms with Gasteiger partial charge in [-0.25, -0.2) is 24.9 Å². The minimum absolute atomic E-state index is 0.215. The first-order valence-corrected chi connectivity index (χ1v) is 10.5. The van der Waals surface area contributed by atoms with Gasteiger partial charge in [0.2, 0.25) is 0 Å². The lowest BCUT2D eigenvalue weighted by atomic mass is 10.1. The highest BCUT2D eigenvalue weighted by Gasteiger charge is 2.31. The topological polar surface area (TPSA) is 98.6 Å². The predicted octanol–water partition coefficient (Wildman–Crippen LogP) is 4.89. The second kappa shape index (κ2) is 8.54. The number of anilines is 1. The summed E-state index contributed by atoms with van der Waals surface area (Å²) in [5, 5.41) is 3.47. The van der Waals surface area contributed by atoms with Gasteiger partial charge in [-0.15, -0.1) is 0 Å². The summed E-state index contributed by atoms with van der Waals surface area (Å²) in [7, 11) is 0. The fourth-order valence-corrected chi connectivity index (χ4v) is 3.91. The highest BCUT2D eigenvalue weighted by atomic mass is 32.1. The number of rotatable bonds is 6. The van der Waals surface area contributed by atoms with Crippen LogP contribution in [0.4, 0.5) is 19.0 Å². The molecule has 8 nitrogen and oxygen atoms in total. The van der Waals surface area contributed by atoms with Crippen LogP contribution in [0.2, 0.25) is 0 Å². The SMILES string of the molecule is FC(F)(F)c1cnc2nc(Oc3ccc(CCNc4ncnc5nccnc45)cc3)sc2c1. The van der Waals surface area contributed by atoms with Crippen LogP contribution in [0, 0.1) is 0 Å². The molecule has 166 valence electrons. The van der Waals surface area contributed by atoms with Gasteiger partial charge in [-0.2, -0.15) is 18.2 Å². The lowest BCUT2D eigenvalue weighted by Crippen LogP contribution is -2.07. The summed E-state index contributed by atoms with van der Waals surface area (Å²) in [4.78, 5) is 24.6. The third kappa shape index (κ3) is 4.65. The van der Waals surface area contributed by atoms with Crippen molar-refractivity contribution in [3.05, 3.63) is 66.4 Å². The van der Waals surface area contributed by atoms with Crippen LogP contribution in [-0.4, -0.2) is 36.4 Å². The highest BCUT2D eigenvalue weighted by Crippen LogP contribution is 2.35. The molecule has 4 aromatic heterocycles. The van der Waals surface area contributed by atoms with Crippen LogP contribution in [0.1, 0.15) is 11.1 Å². The summed E-state index contributed by atoms with van der Waals surface area (Å²) < 4.78 is 44.6. The van der Waals surface area contributed by atoms with Crippen LogP contribution >= 0.6 is 11.3 Å². The molecule has 0 radical (unpaired) electrons. The molecule has 12 heteroatoms. The second-order valence-corrected chi connectivity index (χ2v) is 7.89. The molecule has 0 atom stereocenters. The number of hydrogen-bond donors (Lipinski definition) is 1. The van der Waals surface area contributed by atoms with E-state index in [9.17, 15) is 13.2 Å². The monoisotopic (exact) mass is 469 g/mol. The lowest BCUT2D eigenvalue weighted by Gasteiger charge is -2.08. The number of nitrogens with zero attached hydrogens (tertiary/aromatic N) is 6. The molecule has 0 aliphatic heterocycles. The molecule has 0 spiro atoms. The number of ether oxygens (including phenoxy) is 1. The third-order valence-corrected chi connectivity index (χ3v) is 5.53. The van der Waals surface area contributed by atoms with Gasteiger partial charge in [0.25, 0.3) is 5.19 Å². The van der Waals surface area contributed by atoms with Crippen molar-refractivity contribution < 1.29 is 17.9 Å². The molecule has 4 heterocycles. The van der Waals surface area contributed by atoms with Crippen molar-refractivity contribution in [3.8, 4) is 10.9 Å². The minimum Gasteiger partial charge on any atom is -0.431 e. The molecule has 1 N–H and O–H groups in total. The Morgan fingerprint density at radius 1 is 0.939 bits per heavy atom. The van der Waals surface area contributed by atoms with Crippen LogP contribution in [0.5, 0.6) is 10.9 Å². The van der Waals surface area contributed by atoms with E-state index in [4.69, 9.17) is 4.74 Å². The van der Waals surface area contributed by atoms with E-state index in [-0.39, 0.29) is 10.8 Å². The average molecular weight is 469 g/mol. The Morgan fingerprint density at radius 2 is 1.76 bits per heavy atom. The Morgan fingerprint density at radius 3 is 2.58 bits per heavy atom. The summed E-state index contributed by atoms with van der Waals surface area (Å²) in [6, 6.07) is 8.39. The molecular weight excluding hydrogens is 455 g/mol. The van der Waals surface area contributed by atoms with Crippen molar-refractivity contribution in [1.29, 1.82) is 0 Å². The maximum Gasteiger partial charge on any atom is 0.417 e. The summed E-state index contributed by atoms with van der Waals surface area (Å²) in [5.74, 6) is 1.14.